The van der Waals surface area contributed by atoms with Crippen molar-refractivity contribution < 1.29 is 23.9 Å². The fourth-order valence-corrected chi connectivity index (χ4v) is 4.96. The number of methoxy groups -OCH3 is 1. The molecule has 7 nitrogen and oxygen atoms in total. The van der Waals surface area contributed by atoms with Gasteiger partial charge < -0.3 is 9.47 Å². The zero-order valence-electron chi connectivity index (χ0n) is 21.4. The van der Waals surface area contributed by atoms with E-state index in [0.29, 0.717) is 33.8 Å². The minimum atomic E-state index is -0.789. The number of hydrogen-bond donors (Lipinski definition) is 1. The largest absolute Gasteiger partial charge is 0.493 e. The van der Waals surface area contributed by atoms with E-state index in [9.17, 15) is 14.4 Å². The van der Waals surface area contributed by atoms with Gasteiger partial charge in [-0.15, -0.1) is 0 Å². The van der Waals surface area contributed by atoms with Gasteiger partial charge in [-0.05, 0) is 86.2 Å². The molecule has 0 saturated carbocycles. The van der Waals surface area contributed by atoms with E-state index >= 15 is 0 Å². The standard InChI is InChI=1S/C31H25BrN2O5/c1-3-19-9-12-24(13-10-19)34-30(36)25(29(35)33-31(34)37)15-21-16-26(32)28(27(17-21)38-2)39-18-20-8-11-22-6-4-5-7-23(22)14-20/h4-17H,3,18H2,1-2H3,(H,33,35,37)/b25-15-. The average Bonchev–Trinajstić information content (AvgIpc) is 2.94. The van der Waals surface area contributed by atoms with Crippen LogP contribution in [0.25, 0.3) is 16.8 Å². The lowest BCUT2D eigenvalue weighted by atomic mass is 10.1. The van der Waals surface area contributed by atoms with Crippen LogP contribution < -0.4 is 19.7 Å². The van der Waals surface area contributed by atoms with Gasteiger partial charge in [0.05, 0.1) is 17.3 Å². The number of fused-ring (bicyclic) bond motifs is 1. The molecule has 1 aliphatic heterocycles. The summed E-state index contributed by atoms with van der Waals surface area (Å²) >= 11 is 3.53. The minimum absolute atomic E-state index is 0.173. The topological polar surface area (TPSA) is 84.9 Å². The van der Waals surface area contributed by atoms with E-state index in [-0.39, 0.29) is 5.57 Å². The Morgan fingerprint density at radius 3 is 2.33 bits per heavy atom. The molecule has 0 bridgehead atoms. The molecular formula is C31H25BrN2O5. The van der Waals surface area contributed by atoms with Gasteiger partial charge in [-0.2, -0.15) is 0 Å². The summed E-state index contributed by atoms with van der Waals surface area (Å²) in [6, 6.07) is 23.9. The number of hydrogen-bond acceptors (Lipinski definition) is 5. The number of imide groups is 2. The van der Waals surface area contributed by atoms with Crippen LogP contribution in [0.5, 0.6) is 11.5 Å². The summed E-state index contributed by atoms with van der Waals surface area (Å²) in [5, 5.41) is 4.53. The molecule has 0 radical (unpaired) electrons. The van der Waals surface area contributed by atoms with Crippen molar-refractivity contribution in [2.45, 2.75) is 20.0 Å². The zero-order chi connectivity index (χ0) is 27.5. The summed E-state index contributed by atoms with van der Waals surface area (Å²) in [6.07, 6.45) is 2.25. The molecule has 0 spiro atoms. The number of anilines is 1. The molecule has 1 heterocycles. The Morgan fingerprint density at radius 1 is 0.897 bits per heavy atom. The third-order valence-corrected chi connectivity index (χ3v) is 7.05. The molecule has 5 rings (SSSR count). The highest BCUT2D eigenvalue weighted by molar-refractivity contribution is 9.10. The fourth-order valence-electron chi connectivity index (χ4n) is 4.39. The molecular weight excluding hydrogens is 560 g/mol. The molecule has 8 heteroatoms. The number of ether oxygens (including phenoxy) is 2. The van der Waals surface area contributed by atoms with Gasteiger partial charge in [0.2, 0.25) is 0 Å². The average molecular weight is 585 g/mol. The Hall–Kier alpha value is -4.43. The van der Waals surface area contributed by atoms with Crippen LogP contribution in [0.15, 0.2) is 88.9 Å². The van der Waals surface area contributed by atoms with Gasteiger partial charge in [-0.1, -0.05) is 55.5 Å². The van der Waals surface area contributed by atoms with Crippen LogP contribution in [0.4, 0.5) is 10.5 Å². The minimum Gasteiger partial charge on any atom is -0.493 e. The first kappa shape index (κ1) is 26.2. The molecule has 1 fully saturated rings. The van der Waals surface area contributed by atoms with Crippen LogP contribution >= 0.6 is 15.9 Å². The van der Waals surface area contributed by atoms with Crippen LogP contribution in [0.1, 0.15) is 23.6 Å². The third-order valence-electron chi connectivity index (χ3n) is 6.46. The summed E-state index contributed by atoms with van der Waals surface area (Å²) < 4.78 is 12.2. The number of barbiturate groups is 1. The van der Waals surface area contributed by atoms with Gasteiger partial charge in [-0.3, -0.25) is 14.9 Å². The molecule has 0 unspecified atom stereocenters. The quantitative estimate of drug-likeness (QED) is 0.200. The van der Waals surface area contributed by atoms with Crippen LogP contribution in [-0.4, -0.2) is 25.0 Å². The SMILES string of the molecule is CCc1ccc(N2C(=O)NC(=O)/C(=C/c3cc(Br)c(OCc4ccc5ccccc5c4)c(OC)c3)C2=O)cc1. The van der Waals surface area contributed by atoms with Crippen molar-refractivity contribution in [2.24, 2.45) is 0 Å². The highest BCUT2D eigenvalue weighted by Crippen LogP contribution is 2.38. The summed E-state index contributed by atoms with van der Waals surface area (Å²) in [6.45, 7) is 2.33. The summed E-state index contributed by atoms with van der Waals surface area (Å²) in [5.41, 5.74) is 2.79. The maximum Gasteiger partial charge on any atom is 0.335 e. The van der Waals surface area contributed by atoms with Crippen molar-refractivity contribution in [1.82, 2.24) is 5.32 Å². The molecule has 4 aromatic rings. The predicted octanol–water partition coefficient (Wildman–Crippen LogP) is 6.42. The number of carbonyl (C=O) groups is 3. The smallest absolute Gasteiger partial charge is 0.335 e. The maximum atomic E-state index is 13.3. The number of nitrogens with one attached hydrogen (secondary N) is 1. The first-order valence-corrected chi connectivity index (χ1v) is 13.2. The maximum absolute atomic E-state index is 13.3. The Labute approximate surface area is 234 Å². The number of halogens is 1. The highest BCUT2D eigenvalue weighted by atomic mass is 79.9. The fraction of sp³-hybridized carbons (Fsp3) is 0.129. The molecule has 0 atom stereocenters. The monoisotopic (exact) mass is 584 g/mol. The highest BCUT2D eigenvalue weighted by Gasteiger charge is 2.36. The van der Waals surface area contributed by atoms with Crippen LogP contribution in [0.3, 0.4) is 0 Å². The molecule has 196 valence electrons. The lowest BCUT2D eigenvalue weighted by Crippen LogP contribution is -2.54. The van der Waals surface area contributed by atoms with Crippen molar-refractivity contribution >= 4 is 56.3 Å². The number of urea groups is 1. The first-order valence-electron chi connectivity index (χ1n) is 12.4. The van der Waals surface area contributed by atoms with Gasteiger partial charge in [0, 0.05) is 0 Å². The number of nitrogens with zero attached hydrogens (tertiary/aromatic N) is 1. The molecule has 1 saturated heterocycles. The molecule has 39 heavy (non-hydrogen) atoms. The van der Waals surface area contributed by atoms with Crippen molar-refractivity contribution in [1.29, 1.82) is 0 Å². The van der Waals surface area contributed by atoms with Gasteiger partial charge in [0.1, 0.15) is 12.2 Å². The second-order valence-electron chi connectivity index (χ2n) is 8.98. The normalized spacial score (nSPS) is 14.6. The Morgan fingerprint density at radius 2 is 1.62 bits per heavy atom. The molecule has 0 aliphatic carbocycles. The van der Waals surface area contributed by atoms with Crippen LogP contribution in [0, 0.1) is 0 Å². The molecule has 1 N–H and O–H groups in total. The van der Waals surface area contributed by atoms with E-state index < -0.39 is 17.8 Å². The van der Waals surface area contributed by atoms with Crippen molar-refractivity contribution in [3.63, 3.8) is 0 Å². The van der Waals surface area contributed by atoms with E-state index in [0.717, 1.165) is 33.2 Å². The summed E-state index contributed by atoms with van der Waals surface area (Å²) in [5.74, 6) is -0.568. The van der Waals surface area contributed by atoms with E-state index in [4.69, 9.17) is 9.47 Å². The Balaban J connectivity index is 1.41. The van der Waals surface area contributed by atoms with Gasteiger partial charge >= 0.3 is 6.03 Å². The van der Waals surface area contributed by atoms with Gasteiger partial charge in [0.15, 0.2) is 11.5 Å². The number of benzene rings is 4. The molecule has 0 aromatic heterocycles. The van der Waals surface area contributed by atoms with E-state index in [2.05, 4.69) is 39.4 Å². The summed E-state index contributed by atoms with van der Waals surface area (Å²) in [7, 11) is 1.51. The van der Waals surface area contributed by atoms with Crippen LogP contribution in [0.2, 0.25) is 0 Å². The van der Waals surface area contributed by atoms with Crippen molar-refractivity contribution in [3.8, 4) is 11.5 Å². The molecule has 4 aromatic carbocycles. The zero-order valence-corrected chi connectivity index (χ0v) is 22.9. The Bertz CT molecular complexity index is 1630. The van der Waals surface area contributed by atoms with Crippen molar-refractivity contribution in [3.05, 3.63) is 106 Å². The number of carbonyl (C=O) groups excluding carboxylic acids is 3. The predicted molar refractivity (Wildman–Crippen MR) is 154 cm³/mol. The first-order chi connectivity index (χ1) is 18.9. The van der Waals surface area contributed by atoms with E-state index in [1.807, 2.05) is 43.3 Å². The van der Waals surface area contributed by atoms with E-state index in [1.54, 1.807) is 24.3 Å². The van der Waals surface area contributed by atoms with E-state index in [1.165, 1.54) is 13.2 Å². The second kappa shape index (κ2) is 11.1. The van der Waals surface area contributed by atoms with Gasteiger partial charge in [-0.25, -0.2) is 9.69 Å². The number of aryl methyl sites for hydroxylation is 1. The summed E-state index contributed by atoms with van der Waals surface area (Å²) in [4.78, 5) is 39.4. The van der Waals surface area contributed by atoms with Gasteiger partial charge in [0.25, 0.3) is 11.8 Å². The Kier molecular flexibility index (Phi) is 7.47. The number of amides is 4. The molecule has 1 aliphatic rings. The second-order valence-corrected chi connectivity index (χ2v) is 9.84. The molecule has 4 amide bonds. The lowest BCUT2D eigenvalue weighted by molar-refractivity contribution is -0.122. The third kappa shape index (κ3) is 5.42. The number of rotatable bonds is 7. The van der Waals surface area contributed by atoms with Crippen LogP contribution in [-0.2, 0) is 22.6 Å². The lowest BCUT2D eigenvalue weighted by Gasteiger charge is -2.26. The van der Waals surface area contributed by atoms with Crippen molar-refractivity contribution in [2.75, 3.05) is 12.0 Å².